The van der Waals surface area contributed by atoms with Crippen LogP contribution in [-0.2, 0) is 6.42 Å². The fraction of sp³-hybridized carbons (Fsp3) is 0.438. The second-order valence-electron chi connectivity index (χ2n) is 5.83. The van der Waals surface area contributed by atoms with Gasteiger partial charge in [0, 0.05) is 5.56 Å². The van der Waals surface area contributed by atoms with E-state index in [-0.39, 0.29) is 5.41 Å². The van der Waals surface area contributed by atoms with E-state index in [0.29, 0.717) is 5.78 Å². The first-order valence-electron chi connectivity index (χ1n) is 6.45. The predicted molar refractivity (Wildman–Crippen MR) is 69.1 cm³/mol. The molecule has 0 atom stereocenters. The van der Waals surface area contributed by atoms with E-state index < -0.39 is 0 Å². The number of carbonyl (C=O) groups excluding carboxylic acids is 1. The summed E-state index contributed by atoms with van der Waals surface area (Å²) in [6, 6.07) is 8.09. The number of benzene rings is 1. The molecule has 0 spiro atoms. The van der Waals surface area contributed by atoms with Crippen molar-refractivity contribution in [2.45, 2.75) is 39.5 Å². The van der Waals surface area contributed by atoms with Crippen molar-refractivity contribution in [1.82, 2.24) is 0 Å². The van der Waals surface area contributed by atoms with Gasteiger partial charge in [-0.1, -0.05) is 43.7 Å². The number of hydrogen-bond acceptors (Lipinski definition) is 1. The summed E-state index contributed by atoms with van der Waals surface area (Å²) in [4.78, 5) is 12.5. The van der Waals surface area contributed by atoms with Gasteiger partial charge in [0.2, 0.25) is 0 Å². The lowest BCUT2D eigenvalue weighted by Crippen LogP contribution is -2.10. The molecule has 1 aromatic rings. The molecule has 2 aliphatic rings. The largest absolute Gasteiger partial charge is 0.289 e. The summed E-state index contributed by atoms with van der Waals surface area (Å²) in [5.74, 6) is 0.290. The minimum atomic E-state index is 0.229. The van der Waals surface area contributed by atoms with E-state index in [9.17, 15) is 4.79 Å². The summed E-state index contributed by atoms with van der Waals surface area (Å²) >= 11 is 0. The first-order valence-corrected chi connectivity index (χ1v) is 6.45. The lowest BCUT2D eigenvalue weighted by molar-refractivity contribution is 0.103. The molecule has 3 rings (SSSR count). The number of ketones is 1. The second-order valence-corrected chi connectivity index (χ2v) is 5.83. The van der Waals surface area contributed by atoms with Crippen molar-refractivity contribution >= 4 is 5.78 Å². The Morgan fingerprint density at radius 3 is 2.65 bits per heavy atom. The second kappa shape index (κ2) is 3.56. The molecule has 17 heavy (non-hydrogen) atoms. The summed E-state index contributed by atoms with van der Waals surface area (Å²) in [6.07, 6.45) is 4.18. The molecule has 0 fully saturated rings. The van der Waals surface area contributed by atoms with E-state index in [4.69, 9.17) is 0 Å². The highest BCUT2D eigenvalue weighted by Gasteiger charge is 2.36. The van der Waals surface area contributed by atoms with E-state index in [1.165, 1.54) is 11.1 Å². The molecule has 0 N–H and O–H groups in total. The number of Topliss-reactive ketones (excluding diaryl/α,β-unsaturated/α-hetero) is 1. The normalized spacial score (nSPS) is 22.1. The molecule has 1 aromatic carbocycles. The van der Waals surface area contributed by atoms with E-state index in [1.807, 2.05) is 18.2 Å². The zero-order valence-electron chi connectivity index (χ0n) is 10.5. The van der Waals surface area contributed by atoms with Gasteiger partial charge >= 0.3 is 0 Å². The first-order chi connectivity index (χ1) is 8.09. The third-order valence-electron chi connectivity index (χ3n) is 4.36. The van der Waals surface area contributed by atoms with Crippen LogP contribution in [0.25, 0.3) is 0 Å². The van der Waals surface area contributed by atoms with Crippen molar-refractivity contribution in [3.8, 4) is 0 Å². The maximum absolute atomic E-state index is 12.5. The van der Waals surface area contributed by atoms with Crippen molar-refractivity contribution in [2.75, 3.05) is 0 Å². The van der Waals surface area contributed by atoms with Gasteiger partial charge in [-0.05, 0) is 42.2 Å². The quantitative estimate of drug-likeness (QED) is 0.655. The molecule has 0 amide bonds. The van der Waals surface area contributed by atoms with E-state index in [0.717, 1.165) is 36.8 Å². The molecular formula is C16H18O. The number of rotatable bonds is 0. The van der Waals surface area contributed by atoms with Crippen LogP contribution in [0.3, 0.4) is 0 Å². The van der Waals surface area contributed by atoms with Gasteiger partial charge < -0.3 is 0 Å². The molecule has 0 radical (unpaired) electrons. The Labute approximate surface area is 103 Å². The fourth-order valence-electron chi connectivity index (χ4n) is 3.27. The monoisotopic (exact) mass is 226 g/mol. The molecule has 0 bridgehead atoms. The SMILES string of the molecule is CC1(C)CCC2=C1CCc1ccccc1C2=O. The smallest absolute Gasteiger partial charge is 0.189 e. The Bertz CT molecular complexity index is 520. The maximum atomic E-state index is 12.5. The predicted octanol–water partition coefficient (Wildman–Crippen LogP) is 3.93. The standard InChI is InChI=1S/C16H18O/c1-16(2)10-9-13-14(16)8-7-11-5-3-4-6-12(11)15(13)17/h3-6H,7-10H2,1-2H3. The molecule has 0 aromatic heterocycles. The van der Waals surface area contributed by atoms with Gasteiger partial charge in [-0.3, -0.25) is 4.79 Å². The summed E-state index contributed by atoms with van der Waals surface area (Å²) in [5, 5.41) is 0. The molecule has 2 aliphatic carbocycles. The van der Waals surface area contributed by atoms with Crippen LogP contribution in [0.5, 0.6) is 0 Å². The summed E-state index contributed by atoms with van der Waals surface area (Å²) in [7, 11) is 0. The molecule has 88 valence electrons. The fourth-order valence-corrected chi connectivity index (χ4v) is 3.27. The van der Waals surface area contributed by atoms with E-state index in [1.54, 1.807) is 0 Å². The summed E-state index contributed by atoms with van der Waals surface area (Å²) in [5.41, 5.74) is 4.92. The van der Waals surface area contributed by atoms with Crippen molar-refractivity contribution in [1.29, 1.82) is 0 Å². The van der Waals surface area contributed by atoms with Crippen LogP contribution in [0, 0.1) is 5.41 Å². The Kier molecular flexibility index (Phi) is 2.25. The van der Waals surface area contributed by atoms with Gasteiger partial charge in [0.05, 0.1) is 0 Å². The Morgan fingerprint density at radius 1 is 1.06 bits per heavy atom. The van der Waals surface area contributed by atoms with E-state index in [2.05, 4.69) is 19.9 Å². The summed E-state index contributed by atoms with van der Waals surface area (Å²) in [6.45, 7) is 4.55. The first kappa shape index (κ1) is 10.8. The number of aryl methyl sites for hydroxylation is 1. The summed E-state index contributed by atoms with van der Waals surface area (Å²) < 4.78 is 0. The molecule has 0 aliphatic heterocycles. The highest BCUT2D eigenvalue weighted by Crippen LogP contribution is 2.46. The molecule has 0 saturated carbocycles. The lowest BCUT2D eigenvalue weighted by Gasteiger charge is -2.22. The molecule has 0 saturated heterocycles. The van der Waals surface area contributed by atoms with E-state index >= 15 is 0 Å². The van der Waals surface area contributed by atoms with Crippen molar-refractivity contribution in [3.05, 3.63) is 46.5 Å². The zero-order valence-corrected chi connectivity index (χ0v) is 10.5. The lowest BCUT2D eigenvalue weighted by atomic mass is 9.83. The van der Waals surface area contributed by atoms with Gasteiger partial charge in [0.15, 0.2) is 5.78 Å². The van der Waals surface area contributed by atoms with Crippen LogP contribution in [0.15, 0.2) is 35.4 Å². The number of hydrogen-bond donors (Lipinski definition) is 0. The van der Waals surface area contributed by atoms with Gasteiger partial charge in [-0.15, -0.1) is 0 Å². The van der Waals surface area contributed by atoms with Gasteiger partial charge in [-0.2, -0.15) is 0 Å². The average molecular weight is 226 g/mol. The Hall–Kier alpha value is -1.37. The average Bonchev–Trinajstić information content (AvgIpc) is 2.52. The van der Waals surface area contributed by atoms with Crippen molar-refractivity contribution in [3.63, 3.8) is 0 Å². The minimum absolute atomic E-state index is 0.229. The van der Waals surface area contributed by atoms with Crippen LogP contribution < -0.4 is 0 Å². The van der Waals surface area contributed by atoms with Crippen LogP contribution >= 0.6 is 0 Å². The zero-order chi connectivity index (χ0) is 12.0. The van der Waals surface area contributed by atoms with Crippen molar-refractivity contribution < 1.29 is 4.79 Å². The number of carbonyl (C=O) groups is 1. The number of allylic oxidation sites excluding steroid dienone is 2. The Balaban J connectivity index is 2.13. The highest BCUT2D eigenvalue weighted by atomic mass is 16.1. The minimum Gasteiger partial charge on any atom is -0.289 e. The molecule has 1 heteroatoms. The third-order valence-corrected chi connectivity index (χ3v) is 4.36. The van der Waals surface area contributed by atoms with Crippen molar-refractivity contribution in [2.24, 2.45) is 5.41 Å². The topological polar surface area (TPSA) is 17.1 Å². The number of fused-ring (bicyclic) bond motifs is 1. The molecular weight excluding hydrogens is 208 g/mol. The molecule has 1 nitrogen and oxygen atoms in total. The third kappa shape index (κ3) is 1.56. The van der Waals surface area contributed by atoms with Gasteiger partial charge in [-0.25, -0.2) is 0 Å². The molecule has 0 unspecified atom stereocenters. The highest BCUT2D eigenvalue weighted by molar-refractivity contribution is 6.11. The van der Waals surface area contributed by atoms with Gasteiger partial charge in [0.1, 0.15) is 0 Å². The van der Waals surface area contributed by atoms with Crippen LogP contribution in [0.2, 0.25) is 0 Å². The Morgan fingerprint density at radius 2 is 1.82 bits per heavy atom. The van der Waals surface area contributed by atoms with Crippen LogP contribution in [-0.4, -0.2) is 5.78 Å². The molecule has 0 heterocycles. The van der Waals surface area contributed by atoms with Crippen LogP contribution in [0.4, 0.5) is 0 Å². The maximum Gasteiger partial charge on any atom is 0.189 e. The van der Waals surface area contributed by atoms with Crippen LogP contribution in [0.1, 0.15) is 49.0 Å². The van der Waals surface area contributed by atoms with Gasteiger partial charge in [0.25, 0.3) is 0 Å².